The van der Waals surface area contributed by atoms with Crippen LogP contribution in [0.2, 0.25) is 0 Å². The molecule has 0 bridgehead atoms. The maximum absolute atomic E-state index is 8.74. The molecule has 0 radical (unpaired) electrons. The summed E-state index contributed by atoms with van der Waals surface area (Å²) in [4.78, 5) is 0. The van der Waals surface area contributed by atoms with E-state index in [0.717, 1.165) is 21.8 Å². The Morgan fingerprint density at radius 3 is 1.64 bits per heavy atom. The number of fused-ring (bicyclic) bond motifs is 3. The molecule has 118 valence electrons. The second kappa shape index (κ2) is 5.64. The highest BCUT2D eigenvalue weighted by Crippen LogP contribution is 2.32. The van der Waals surface area contributed by atoms with Crippen molar-refractivity contribution in [2.24, 2.45) is 0 Å². The van der Waals surface area contributed by atoms with Gasteiger partial charge in [-0.2, -0.15) is 0 Å². The van der Waals surface area contributed by atoms with E-state index in [0.29, 0.717) is 11.1 Å². The van der Waals surface area contributed by atoms with Crippen molar-refractivity contribution < 1.29 is 5.48 Å². The minimum absolute atomic E-state index is 0.0333. The molecule has 5 rings (SSSR count). The van der Waals surface area contributed by atoms with Gasteiger partial charge in [0.1, 0.15) is 0 Å². The lowest BCUT2D eigenvalue weighted by Gasteiger charge is -2.09. The molecule has 0 spiro atoms. The topological polar surface area (TPSA) is 4.93 Å². The summed E-state index contributed by atoms with van der Waals surface area (Å²) in [6.45, 7) is 0. The van der Waals surface area contributed by atoms with Crippen LogP contribution in [0.3, 0.4) is 0 Å². The maximum atomic E-state index is 8.74. The van der Waals surface area contributed by atoms with Gasteiger partial charge in [-0.05, 0) is 35.3 Å². The van der Waals surface area contributed by atoms with Crippen LogP contribution < -0.4 is 0 Å². The Balaban J connectivity index is 1.92. The number of nitrogens with zero attached hydrogens (tertiary/aromatic N) is 1. The second-order valence-electron chi connectivity index (χ2n) is 5.96. The molecule has 1 heteroatoms. The third kappa shape index (κ3) is 2.25. The van der Waals surface area contributed by atoms with Gasteiger partial charge in [0.2, 0.25) is 0 Å². The van der Waals surface area contributed by atoms with Crippen molar-refractivity contribution in [1.82, 2.24) is 4.57 Å². The first-order chi connectivity index (χ1) is 14.1. The zero-order valence-corrected chi connectivity index (χ0v) is 13.5. The van der Waals surface area contributed by atoms with Gasteiger partial charge in [-0.15, -0.1) is 0 Å². The normalized spacial score (nSPS) is 13.4. The first kappa shape index (κ1) is 10.5. The Morgan fingerprint density at radius 2 is 1.04 bits per heavy atom. The molecule has 0 saturated heterocycles. The summed E-state index contributed by atoms with van der Waals surface area (Å²) in [5.41, 5.74) is 3.00. The Kier molecular flexibility index (Phi) is 2.38. The highest BCUT2D eigenvalue weighted by atomic mass is 15.0. The highest BCUT2D eigenvalue weighted by Gasteiger charge is 2.11. The standard InChI is InChI=1S/C24H17N/c1-2-8-18(9-3-1)19-14-16-20(17-15-19)25-23-12-6-4-10-21(23)22-11-5-7-13-24(22)25/h1-17H/i14D,15D,16D,17D. The van der Waals surface area contributed by atoms with Crippen LogP contribution in [-0.2, 0) is 0 Å². The third-order valence-corrected chi connectivity index (χ3v) is 4.48. The lowest BCUT2D eigenvalue weighted by atomic mass is 10.1. The van der Waals surface area contributed by atoms with Crippen LogP contribution in [0.15, 0.2) is 103 Å². The van der Waals surface area contributed by atoms with Crippen molar-refractivity contribution in [3.63, 3.8) is 0 Å². The number of rotatable bonds is 2. The predicted octanol–water partition coefficient (Wildman–Crippen LogP) is 6.45. The zero-order chi connectivity index (χ0) is 20.1. The lowest BCUT2D eigenvalue weighted by Crippen LogP contribution is -1.93. The molecule has 1 heterocycles. The SMILES string of the molecule is [2H]c1c([2H])c(-n2c3ccccc3c3ccccc32)c([2H])c([2H])c1-c1ccccc1. The first-order valence-electron chi connectivity index (χ1n) is 10.2. The predicted molar refractivity (Wildman–Crippen MR) is 106 cm³/mol. The van der Waals surface area contributed by atoms with E-state index in [1.54, 1.807) is 0 Å². The number of para-hydroxylation sites is 2. The van der Waals surface area contributed by atoms with Crippen LogP contribution in [0, 0.1) is 0 Å². The summed E-state index contributed by atoms with van der Waals surface area (Å²) in [6, 6.07) is 24.7. The molecular formula is C24H17N. The van der Waals surface area contributed by atoms with Crippen molar-refractivity contribution in [1.29, 1.82) is 0 Å². The molecular weight excluding hydrogens is 302 g/mol. The van der Waals surface area contributed by atoms with E-state index < -0.39 is 0 Å². The van der Waals surface area contributed by atoms with Gasteiger partial charge < -0.3 is 4.57 Å². The van der Waals surface area contributed by atoms with Gasteiger partial charge in [0.15, 0.2) is 0 Å². The van der Waals surface area contributed by atoms with Crippen LogP contribution in [0.5, 0.6) is 0 Å². The van der Waals surface area contributed by atoms with Gasteiger partial charge in [0, 0.05) is 16.5 Å². The minimum Gasteiger partial charge on any atom is -0.309 e. The number of hydrogen-bond acceptors (Lipinski definition) is 0. The second-order valence-corrected chi connectivity index (χ2v) is 5.96. The van der Waals surface area contributed by atoms with Gasteiger partial charge >= 0.3 is 0 Å². The molecule has 1 aromatic heterocycles. The molecule has 0 aliphatic heterocycles. The van der Waals surface area contributed by atoms with Crippen molar-refractivity contribution in [3.8, 4) is 16.8 Å². The largest absolute Gasteiger partial charge is 0.309 e. The van der Waals surface area contributed by atoms with Crippen molar-refractivity contribution in [2.75, 3.05) is 0 Å². The Bertz CT molecular complexity index is 1300. The zero-order valence-electron chi connectivity index (χ0n) is 17.5. The van der Waals surface area contributed by atoms with Crippen LogP contribution in [-0.4, -0.2) is 4.57 Å². The van der Waals surface area contributed by atoms with Gasteiger partial charge in [-0.25, -0.2) is 0 Å². The fourth-order valence-electron chi connectivity index (χ4n) is 3.33. The molecule has 25 heavy (non-hydrogen) atoms. The molecule has 5 aromatic rings. The quantitative estimate of drug-likeness (QED) is 0.352. The molecule has 0 aliphatic carbocycles. The lowest BCUT2D eigenvalue weighted by molar-refractivity contribution is 1.18. The Hall–Kier alpha value is -3.32. The fraction of sp³-hybridized carbons (Fsp3) is 0. The summed E-state index contributed by atoms with van der Waals surface area (Å²) >= 11 is 0. The van der Waals surface area contributed by atoms with Gasteiger partial charge in [0.05, 0.1) is 16.5 Å². The molecule has 0 unspecified atom stereocenters. The van der Waals surface area contributed by atoms with E-state index in [-0.39, 0.29) is 29.9 Å². The summed E-state index contributed by atoms with van der Waals surface area (Å²) in [7, 11) is 0. The van der Waals surface area contributed by atoms with Crippen molar-refractivity contribution in [2.45, 2.75) is 0 Å². The summed E-state index contributed by atoms with van der Waals surface area (Å²) < 4.78 is 36.6. The van der Waals surface area contributed by atoms with E-state index in [1.165, 1.54) is 0 Å². The van der Waals surface area contributed by atoms with E-state index in [4.69, 9.17) is 5.48 Å². The molecule has 0 saturated carbocycles. The summed E-state index contributed by atoms with van der Waals surface area (Å²) in [5.74, 6) is 0. The maximum Gasteiger partial charge on any atom is 0.0645 e. The van der Waals surface area contributed by atoms with Crippen LogP contribution in [0.1, 0.15) is 5.48 Å². The molecule has 0 N–H and O–H groups in total. The van der Waals surface area contributed by atoms with Gasteiger partial charge in [-0.3, -0.25) is 0 Å². The molecule has 0 atom stereocenters. The van der Waals surface area contributed by atoms with Crippen LogP contribution in [0.4, 0.5) is 0 Å². The molecule has 0 fully saturated rings. The molecule has 0 amide bonds. The first-order valence-corrected chi connectivity index (χ1v) is 8.24. The average Bonchev–Trinajstić information content (AvgIpc) is 3.08. The van der Waals surface area contributed by atoms with Gasteiger partial charge in [0.25, 0.3) is 0 Å². The van der Waals surface area contributed by atoms with E-state index in [1.807, 2.05) is 83.4 Å². The molecule has 4 aromatic carbocycles. The van der Waals surface area contributed by atoms with Crippen LogP contribution >= 0.6 is 0 Å². The van der Waals surface area contributed by atoms with E-state index in [9.17, 15) is 0 Å². The minimum atomic E-state index is -0.0450. The van der Waals surface area contributed by atoms with Crippen LogP contribution in [0.25, 0.3) is 38.6 Å². The molecule has 0 aliphatic rings. The number of benzene rings is 4. The smallest absolute Gasteiger partial charge is 0.0645 e. The molecule has 1 nitrogen and oxygen atoms in total. The highest BCUT2D eigenvalue weighted by molar-refractivity contribution is 6.09. The van der Waals surface area contributed by atoms with E-state index in [2.05, 4.69) is 0 Å². The third-order valence-electron chi connectivity index (χ3n) is 4.48. The summed E-state index contributed by atoms with van der Waals surface area (Å²) in [6.07, 6.45) is 0. The van der Waals surface area contributed by atoms with Gasteiger partial charge in [-0.1, -0.05) is 78.8 Å². The number of hydrogen-bond donors (Lipinski definition) is 0. The monoisotopic (exact) mass is 323 g/mol. The summed E-state index contributed by atoms with van der Waals surface area (Å²) in [5, 5.41) is 2.04. The fourth-order valence-corrected chi connectivity index (χ4v) is 3.33. The number of aromatic nitrogens is 1. The Labute approximate surface area is 152 Å². The average molecular weight is 323 g/mol. The van der Waals surface area contributed by atoms with Crippen molar-refractivity contribution >= 4 is 21.8 Å². The van der Waals surface area contributed by atoms with E-state index >= 15 is 0 Å². The van der Waals surface area contributed by atoms with Crippen molar-refractivity contribution in [3.05, 3.63) is 103 Å². The Morgan fingerprint density at radius 1 is 0.520 bits per heavy atom.